The van der Waals surface area contributed by atoms with Crippen molar-refractivity contribution in [2.75, 3.05) is 0 Å². The van der Waals surface area contributed by atoms with E-state index in [-0.39, 0.29) is 5.78 Å². The number of nitrogens with zero attached hydrogens (tertiary/aromatic N) is 4. The number of carbonyl (C=O) groups excluding carboxylic acids is 1. The Kier molecular flexibility index (Phi) is 2.45. The molecule has 5 nitrogen and oxygen atoms in total. The summed E-state index contributed by atoms with van der Waals surface area (Å²) in [7, 11) is 0. The van der Waals surface area contributed by atoms with Gasteiger partial charge in [-0.2, -0.15) is 0 Å². The van der Waals surface area contributed by atoms with Crippen molar-refractivity contribution in [1.29, 1.82) is 0 Å². The van der Waals surface area contributed by atoms with Gasteiger partial charge < -0.3 is 0 Å². The average Bonchev–Trinajstić information content (AvgIpc) is 2.30. The molecular formula is C10H8N4O. The van der Waals surface area contributed by atoms with Gasteiger partial charge in [-0.05, 0) is 6.92 Å². The largest absolute Gasteiger partial charge is 0.295 e. The Morgan fingerprint density at radius 1 is 1.07 bits per heavy atom. The van der Waals surface area contributed by atoms with Gasteiger partial charge in [0, 0.05) is 11.1 Å². The predicted molar refractivity (Wildman–Crippen MR) is 53.1 cm³/mol. The van der Waals surface area contributed by atoms with Crippen molar-refractivity contribution in [3.63, 3.8) is 0 Å². The summed E-state index contributed by atoms with van der Waals surface area (Å²) < 4.78 is 0. The second-order valence-corrected chi connectivity index (χ2v) is 3.00. The van der Waals surface area contributed by atoms with E-state index in [0.717, 1.165) is 5.56 Å². The van der Waals surface area contributed by atoms with E-state index >= 15 is 0 Å². The number of rotatable bonds is 2. The van der Waals surface area contributed by atoms with Crippen LogP contribution in [0.2, 0.25) is 0 Å². The van der Waals surface area contributed by atoms with Gasteiger partial charge >= 0.3 is 0 Å². The number of hydrogen-bond acceptors (Lipinski definition) is 5. The zero-order chi connectivity index (χ0) is 10.7. The normalized spacial score (nSPS) is 9.93. The minimum Gasteiger partial charge on any atom is -0.295 e. The van der Waals surface area contributed by atoms with Gasteiger partial charge in [-0.25, -0.2) is 0 Å². The van der Waals surface area contributed by atoms with E-state index in [1.807, 2.05) is 0 Å². The maximum atomic E-state index is 11.0. The van der Waals surface area contributed by atoms with Crippen molar-refractivity contribution in [2.24, 2.45) is 0 Å². The van der Waals surface area contributed by atoms with Crippen LogP contribution in [0.3, 0.4) is 0 Å². The van der Waals surface area contributed by atoms with Crippen LogP contribution in [-0.4, -0.2) is 26.2 Å². The first-order chi connectivity index (χ1) is 7.27. The van der Waals surface area contributed by atoms with Gasteiger partial charge in [0.15, 0.2) is 12.1 Å². The van der Waals surface area contributed by atoms with Crippen molar-refractivity contribution < 1.29 is 4.79 Å². The molecule has 2 aromatic rings. The molecule has 1 heterocycles. The highest BCUT2D eigenvalue weighted by molar-refractivity contribution is 5.94. The van der Waals surface area contributed by atoms with Crippen LogP contribution in [0.5, 0.6) is 0 Å². The molecule has 0 radical (unpaired) electrons. The molecule has 1 aromatic heterocycles. The number of hydrogen-bond donors (Lipinski definition) is 0. The lowest BCUT2D eigenvalue weighted by Crippen LogP contribution is -1.95. The SMILES string of the molecule is CC(=O)c1ccc(-c2nncnn2)cc1. The fourth-order valence-corrected chi connectivity index (χ4v) is 1.17. The molecule has 0 bridgehead atoms. The van der Waals surface area contributed by atoms with Crippen LogP contribution in [-0.2, 0) is 0 Å². The highest BCUT2D eigenvalue weighted by Crippen LogP contribution is 2.13. The van der Waals surface area contributed by atoms with Crippen LogP contribution in [0.15, 0.2) is 30.6 Å². The molecular weight excluding hydrogens is 192 g/mol. The molecule has 0 saturated heterocycles. The summed E-state index contributed by atoms with van der Waals surface area (Å²) in [5.41, 5.74) is 1.45. The maximum absolute atomic E-state index is 11.0. The minimum absolute atomic E-state index is 0.0341. The smallest absolute Gasteiger partial charge is 0.203 e. The lowest BCUT2D eigenvalue weighted by atomic mass is 10.1. The first-order valence-electron chi connectivity index (χ1n) is 4.39. The molecule has 1 aromatic carbocycles. The highest BCUT2D eigenvalue weighted by atomic mass is 16.1. The van der Waals surface area contributed by atoms with Crippen molar-refractivity contribution in [1.82, 2.24) is 20.4 Å². The van der Waals surface area contributed by atoms with Gasteiger partial charge in [-0.1, -0.05) is 24.3 Å². The van der Waals surface area contributed by atoms with Gasteiger partial charge in [0.25, 0.3) is 0 Å². The highest BCUT2D eigenvalue weighted by Gasteiger charge is 2.03. The number of ketones is 1. The van der Waals surface area contributed by atoms with E-state index in [9.17, 15) is 4.79 Å². The third-order valence-corrected chi connectivity index (χ3v) is 1.96. The first-order valence-corrected chi connectivity index (χ1v) is 4.39. The number of carbonyl (C=O) groups is 1. The summed E-state index contributed by atoms with van der Waals surface area (Å²) >= 11 is 0. The molecule has 0 N–H and O–H groups in total. The van der Waals surface area contributed by atoms with Crippen LogP contribution in [0.4, 0.5) is 0 Å². The Bertz CT molecular complexity index is 467. The molecule has 0 aliphatic heterocycles. The summed E-state index contributed by atoms with van der Waals surface area (Å²) in [6, 6.07) is 7.01. The predicted octanol–water partition coefficient (Wildman–Crippen LogP) is 1.14. The fourth-order valence-electron chi connectivity index (χ4n) is 1.17. The summed E-state index contributed by atoms with van der Waals surface area (Å²) in [4.78, 5) is 11.0. The zero-order valence-electron chi connectivity index (χ0n) is 8.08. The average molecular weight is 200 g/mol. The third kappa shape index (κ3) is 2.01. The van der Waals surface area contributed by atoms with Crippen molar-refractivity contribution >= 4 is 5.78 Å². The quantitative estimate of drug-likeness (QED) is 0.680. The lowest BCUT2D eigenvalue weighted by Gasteiger charge is -1.98. The Hall–Kier alpha value is -2.17. The molecule has 0 atom stereocenters. The topological polar surface area (TPSA) is 68.6 Å². The monoisotopic (exact) mass is 200 g/mol. The van der Waals surface area contributed by atoms with Crippen molar-refractivity contribution in [3.05, 3.63) is 36.2 Å². The van der Waals surface area contributed by atoms with Gasteiger partial charge in [0.2, 0.25) is 5.82 Å². The summed E-state index contributed by atoms with van der Waals surface area (Å²) in [6.07, 6.45) is 1.27. The molecule has 0 aliphatic carbocycles. The molecule has 0 fully saturated rings. The van der Waals surface area contributed by atoms with Crippen LogP contribution in [0.1, 0.15) is 17.3 Å². The zero-order valence-corrected chi connectivity index (χ0v) is 8.08. The summed E-state index contributed by atoms with van der Waals surface area (Å²) in [6.45, 7) is 1.52. The van der Waals surface area contributed by atoms with E-state index in [1.165, 1.54) is 13.3 Å². The molecule has 5 heteroatoms. The molecule has 0 spiro atoms. The van der Waals surface area contributed by atoms with Crippen molar-refractivity contribution in [3.8, 4) is 11.4 Å². The Labute approximate surface area is 86.2 Å². The number of Topliss-reactive ketones (excluding diaryl/α,β-unsaturated/α-hetero) is 1. The number of benzene rings is 1. The molecule has 0 aliphatic rings. The van der Waals surface area contributed by atoms with Crippen LogP contribution >= 0.6 is 0 Å². The van der Waals surface area contributed by atoms with Crippen LogP contribution in [0, 0.1) is 0 Å². The van der Waals surface area contributed by atoms with Gasteiger partial charge in [-0.3, -0.25) is 4.79 Å². The maximum Gasteiger partial charge on any atom is 0.203 e. The second-order valence-electron chi connectivity index (χ2n) is 3.00. The molecule has 0 saturated carbocycles. The molecule has 74 valence electrons. The minimum atomic E-state index is 0.0341. The second kappa shape index (κ2) is 3.91. The van der Waals surface area contributed by atoms with E-state index < -0.39 is 0 Å². The van der Waals surface area contributed by atoms with E-state index in [4.69, 9.17) is 0 Å². The third-order valence-electron chi connectivity index (χ3n) is 1.96. The standard InChI is InChI=1S/C10H8N4O/c1-7(15)8-2-4-9(5-3-8)10-13-11-6-12-14-10/h2-6H,1H3. The summed E-state index contributed by atoms with van der Waals surface area (Å²) in [5.74, 6) is 0.486. The van der Waals surface area contributed by atoms with Crippen molar-refractivity contribution in [2.45, 2.75) is 6.92 Å². The Morgan fingerprint density at radius 2 is 1.67 bits per heavy atom. The Balaban J connectivity index is 2.36. The van der Waals surface area contributed by atoms with E-state index in [2.05, 4.69) is 20.4 Å². The molecule has 15 heavy (non-hydrogen) atoms. The van der Waals surface area contributed by atoms with Gasteiger partial charge in [-0.15, -0.1) is 20.4 Å². The van der Waals surface area contributed by atoms with Gasteiger partial charge in [0.05, 0.1) is 0 Å². The fraction of sp³-hybridized carbons (Fsp3) is 0.100. The first kappa shape index (κ1) is 9.39. The molecule has 2 rings (SSSR count). The molecule has 0 unspecified atom stereocenters. The number of aromatic nitrogens is 4. The molecule has 0 amide bonds. The lowest BCUT2D eigenvalue weighted by molar-refractivity contribution is 0.101. The van der Waals surface area contributed by atoms with Crippen LogP contribution < -0.4 is 0 Å². The van der Waals surface area contributed by atoms with Gasteiger partial charge in [0.1, 0.15) is 0 Å². The van der Waals surface area contributed by atoms with E-state index in [0.29, 0.717) is 11.4 Å². The van der Waals surface area contributed by atoms with E-state index in [1.54, 1.807) is 24.3 Å². The summed E-state index contributed by atoms with van der Waals surface area (Å²) in [5, 5.41) is 14.9. The Morgan fingerprint density at radius 3 is 2.20 bits per heavy atom. The van der Waals surface area contributed by atoms with Crippen LogP contribution in [0.25, 0.3) is 11.4 Å².